The first kappa shape index (κ1) is 59.8. The highest BCUT2D eigenvalue weighted by Crippen LogP contribution is 2.43. The van der Waals surface area contributed by atoms with Crippen LogP contribution in [-0.4, -0.2) is 135 Å². The fraction of sp³-hybridized carbons (Fsp3) is 0.448. The second-order valence-electron chi connectivity index (χ2n) is 21.9. The molecule has 4 amide bonds. The number of allylic oxidation sites excluding steroid dienone is 2. The number of hydrogen-bond donors (Lipinski definition) is 4. The molecule has 7 aromatic rings. The van der Waals surface area contributed by atoms with Gasteiger partial charge >= 0.3 is 0 Å². The average Bonchev–Trinajstić information content (AvgIpc) is 3.56. The van der Waals surface area contributed by atoms with Gasteiger partial charge in [-0.15, -0.1) is 0 Å². The Morgan fingerprint density at radius 1 is 0.747 bits per heavy atom. The van der Waals surface area contributed by atoms with Crippen LogP contribution in [0.1, 0.15) is 106 Å². The third-order valence-corrected chi connectivity index (χ3v) is 19.6. The number of carbonyl (C=O) groups excluding carboxylic acids is 4. The molecule has 24 nitrogen and oxygen atoms in total. The van der Waals surface area contributed by atoms with Gasteiger partial charge in [0.15, 0.2) is 20.9 Å². The van der Waals surface area contributed by atoms with Gasteiger partial charge in [0.05, 0.1) is 49.4 Å². The fourth-order valence-electron chi connectivity index (χ4n) is 9.99. The molecule has 442 valence electrons. The van der Waals surface area contributed by atoms with Crippen LogP contribution in [0.3, 0.4) is 0 Å². The number of benzene rings is 3. The van der Waals surface area contributed by atoms with Crippen molar-refractivity contribution in [3.8, 4) is 11.5 Å². The van der Waals surface area contributed by atoms with Crippen LogP contribution in [-0.2, 0) is 54.3 Å². The summed E-state index contributed by atoms with van der Waals surface area (Å²) >= 11 is 0. The molecular weight excluding hydrogens is 1080 g/mol. The lowest BCUT2D eigenvalue weighted by molar-refractivity contribution is -0.360. The highest BCUT2D eigenvalue weighted by atomic mass is 28.4. The van der Waals surface area contributed by atoms with Gasteiger partial charge in [-0.3, -0.25) is 39.2 Å². The van der Waals surface area contributed by atoms with Crippen molar-refractivity contribution in [1.82, 2.24) is 38.7 Å². The number of anilines is 2. The van der Waals surface area contributed by atoms with Gasteiger partial charge in [-0.1, -0.05) is 63.3 Å². The van der Waals surface area contributed by atoms with E-state index in [2.05, 4.69) is 54.7 Å². The summed E-state index contributed by atoms with van der Waals surface area (Å²) in [5, 5.41) is 14.7. The first-order chi connectivity index (χ1) is 39.6. The van der Waals surface area contributed by atoms with Crippen LogP contribution >= 0.6 is 0 Å². The number of fused-ring (bicyclic) bond motifs is 3. The van der Waals surface area contributed by atoms with E-state index in [-0.39, 0.29) is 66.7 Å². The highest BCUT2D eigenvalue weighted by molar-refractivity contribution is 6.74. The molecular formula is C58H74N12O12Si. The predicted molar refractivity (Wildman–Crippen MR) is 311 cm³/mol. The number of imidazole rings is 2. The minimum Gasteiger partial charge on any atom is -0.494 e. The molecule has 1 unspecified atom stereocenters. The Hall–Kier alpha value is -7.78. The van der Waals surface area contributed by atoms with Crippen molar-refractivity contribution in [3.63, 3.8) is 0 Å². The van der Waals surface area contributed by atoms with E-state index in [1.807, 2.05) is 56.3 Å². The molecule has 2 aliphatic rings. The lowest BCUT2D eigenvalue weighted by Gasteiger charge is -2.51. The van der Waals surface area contributed by atoms with E-state index in [0.717, 1.165) is 5.56 Å². The molecule has 6 N–H and O–H groups in total. The molecule has 6 atom stereocenters. The molecule has 0 saturated carbocycles. The first-order valence-electron chi connectivity index (χ1n) is 27.6. The van der Waals surface area contributed by atoms with Crippen molar-refractivity contribution >= 4 is 65.9 Å². The number of nitrogens with one attached hydrogen (secondary N) is 2. The summed E-state index contributed by atoms with van der Waals surface area (Å²) in [5.74, 6) is -1.49. The number of rotatable bonds is 23. The van der Waals surface area contributed by atoms with E-state index in [9.17, 15) is 19.2 Å². The SMILES string of the molecule is CCn1nc(C)cc1C(=O)Nc1nc2cc(C(N)=O)cc(OC)c2n1C/C=C/Cn1c(NC(=O)c2cc(C)nn2CC)nc2cc(C(N)=O)cc(OCCCO[C@H]3[C@@H](OC)O[C@@H]4COC(c5ccccc5)O[C@H]4[C@@H]3O[Si](C)(C)C(C)(C)C)c21. The summed E-state index contributed by atoms with van der Waals surface area (Å²) in [6.07, 6.45) is 0.226. The second kappa shape index (κ2) is 25.0. The normalized spacial score (nSPS) is 19.3. The maximum atomic E-state index is 14.1. The first-order valence-corrected chi connectivity index (χ1v) is 30.5. The summed E-state index contributed by atoms with van der Waals surface area (Å²) in [6.45, 7) is 19.9. The number of amides is 4. The third kappa shape index (κ3) is 12.8. The Labute approximate surface area is 481 Å². The average molecular weight is 1160 g/mol. The van der Waals surface area contributed by atoms with Crippen LogP contribution in [0.2, 0.25) is 18.1 Å². The molecule has 83 heavy (non-hydrogen) atoms. The smallest absolute Gasteiger partial charge is 0.276 e. The Morgan fingerprint density at radius 2 is 1.29 bits per heavy atom. The number of primary amides is 2. The molecule has 2 saturated heterocycles. The zero-order valence-electron chi connectivity index (χ0n) is 48.8. The zero-order valence-corrected chi connectivity index (χ0v) is 49.8. The Bertz CT molecular complexity index is 3550. The zero-order chi connectivity index (χ0) is 59.5. The summed E-state index contributed by atoms with van der Waals surface area (Å²) in [4.78, 5) is 63.0. The van der Waals surface area contributed by atoms with Gasteiger partial charge in [0.1, 0.15) is 58.3 Å². The van der Waals surface area contributed by atoms with Crippen LogP contribution in [0, 0.1) is 13.8 Å². The number of ether oxygens (including phenoxy) is 7. The fourth-order valence-corrected chi connectivity index (χ4v) is 11.3. The van der Waals surface area contributed by atoms with Crippen LogP contribution in [0.4, 0.5) is 11.9 Å². The van der Waals surface area contributed by atoms with Crippen molar-refractivity contribution in [1.29, 1.82) is 0 Å². The number of aryl methyl sites for hydroxylation is 4. The van der Waals surface area contributed by atoms with E-state index >= 15 is 0 Å². The quantitative estimate of drug-likeness (QED) is 0.0275. The summed E-state index contributed by atoms with van der Waals surface area (Å²) < 4.78 is 58.2. The largest absolute Gasteiger partial charge is 0.494 e. The van der Waals surface area contributed by atoms with E-state index in [0.29, 0.717) is 70.1 Å². The summed E-state index contributed by atoms with van der Waals surface area (Å²) in [6, 6.07) is 19.2. The molecule has 0 aliphatic carbocycles. The summed E-state index contributed by atoms with van der Waals surface area (Å²) in [7, 11) is 0.568. The van der Waals surface area contributed by atoms with Crippen LogP contribution in [0.25, 0.3) is 22.1 Å². The number of aromatic nitrogens is 8. The number of hydrogen-bond acceptors (Lipinski definition) is 16. The lowest BCUT2D eigenvalue weighted by Crippen LogP contribution is -2.66. The van der Waals surface area contributed by atoms with Gasteiger partial charge in [-0.05, 0) is 82.2 Å². The molecule has 0 spiro atoms. The molecule has 0 bridgehead atoms. The molecule has 3 aromatic carbocycles. The number of carbonyl (C=O) groups is 4. The second-order valence-corrected chi connectivity index (χ2v) is 26.7. The van der Waals surface area contributed by atoms with Crippen LogP contribution in [0.15, 0.2) is 78.9 Å². The van der Waals surface area contributed by atoms with Crippen molar-refractivity contribution in [2.75, 3.05) is 44.7 Å². The monoisotopic (exact) mass is 1160 g/mol. The molecule has 2 aliphatic heterocycles. The number of methoxy groups -OCH3 is 2. The van der Waals surface area contributed by atoms with Crippen molar-refractivity contribution in [3.05, 3.63) is 118 Å². The Balaban J connectivity index is 1.02. The van der Waals surface area contributed by atoms with Crippen LogP contribution in [0.5, 0.6) is 11.5 Å². The third-order valence-electron chi connectivity index (χ3n) is 15.1. The number of nitrogens with zero attached hydrogens (tertiary/aromatic N) is 8. The van der Waals surface area contributed by atoms with E-state index in [4.69, 9.17) is 59.0 Å². The molecule has 4 aromatic heterocycles. The molecule has 2 fully saturated rings. The van der Waals surface area contributed by atoms with E-state index < -0.39 is 68.9 Å². The van der Waals surface area contributed by atoms with Crippen molar-refractivity contribution in [2.24, 2.45) is 11.5 Å². The topological polar surface area (TPSA) is 290 Å². The minimum absolute atomic E-state index is 0.0932. The van der Waals surface area contributed by atoms with Crippen molar-refractivity contribution < 1.29 is 56.8 Å². The maximum Gasteiger partial charge on any atom is 0.276 e. The van der Waals surface area contributed by atoms with Gasteiger partial charge in [0.25, 0.3) is 11.8 Å². The van der Waals surface area contributed by atoms with E-state index in [1.54, 1.807) is 63.7 Å². The summed E-state index contributed by atoms with van der Waals surface area (Å²) in [5.41, 5.74) is 16.3. The molecule has 25 heteroatoms. The van der Waals surface area contributed by atoms with Gasteiger partial charge in [0.2, 0.25) is 23.7 Å². The Kier molecular flexibility index (Phi) is 18.0. The maximum absolute atomic E-state index is 14.1. The molecule has 9 rings (SSSR count). The van der Waals surface area contributed by atoms with Crippen molar-refractivity contribution in [2.45, 2.75) is 136 Å². The van der Waals surface area contributed by atoms with Crippen LogP contribution < -0.4 is 31.6 Å². The van der Waals surface area contributed by atoms with Gasteiger partial charge in [-0.2, -0.15) is 10.2 Å². The predicted octanol–water partition coefficient (Wildman–Crippen LogP) is 7.43. The Morgan fingerprint density at radius 3 is 1.80 bits per heavy atom. The standard InChI is InChI=1S/C58H74N12O12Si/c1-12-69-40(26-33(3)65-69)52(73)63-56-61-38-28-36(50(59)71)30-42(75-8)45(38)67(56)22-17-18-23-68-46-39(62-57(68)64-53(74)41-27-34(4)66-70(41)13-2)29-37(51(60)72)31-43(46)77-24-19-25-78-49-48(82-83(10,11)58(5,6)7)47-44(80-55(49)76-9)32-79-54(81-47)35-20-15-14-16-21-35/h14-18,20-21,26-31,44,47-49,54-55H,12-13,19,22-25,32H2,1-11H3,(H2,59,71)(H2,60,72)(H,61,63,73)(H,62,64,74)/b18-17+/t44-,47-,48+,49-,54?,55+/m1/s1. The van der Waals surface area contributed by atoms with E-state index in [1.165, 1.54) is 19.2 Å². The minimum atomic E-state index is -2.46. The highest BCUT2D eigenvalue weighted by Gasteiger charge is 2.54. The van der Waals surface area contributed by atoms with Gasteiger partial charge in [0, 0.05) is 56.4 Å². The lowest BCUT2D eigenvalue weighted by atomic mass is 9.97. The molecule has 0 radical (unpaired) electrons. The molecule has 6 heterocycles. The number of nitrogens with two attached hydrogens (primary N) is 2. The van der Waals surface area contributed by atoms with Gasteiger partial charge in [-0.25, -0.2) is 9.97 Å². The van der Waals surface area contributed by atoms with Gasteiger partial charge < -0.3 is 58.2 Å².